The summed E-state index contributed by atoms with van der Waals surface area (Å²) in [5, 5.41) is 0. The van der Waals surface area contributed by atoms with Crippen molar-refractivity contribution in [3.05, 3.63) is 52.6 Å². The molecule has 0 fully saturated rings. The summed E-state index contributed by atoms with van der Waals surface area (Å²) in [7, 11) is 0. The molecule has 0 bridgehead atoms. The molecule has 0 N–H and O–H groups in total. The van der Waals surface area contributed by atoms with Gasteiger partial charge < -0.3 is 4.74 Å². The van der Waals surface area contributed by atoms with Crippen molar-refractivity contribution < 1.29 is 14.3 Å². The van der Waals surface area contributed by atoms with Gasteiger partial charge in [-0.2, -0.15) is 0 Å². The Morgan fingerprint density at radius 3 is 2.48 bits per heavy atom. The van der Waals surface area contributed by atoms with Crippen molar-refractivity contribution in [3.8, 4) is 0 Å². The second-order valence-corrected chi connectivity index (χ2v) is 5.82. The lowest BCUT2D eigenvalue weighted by Gasteiger charge is -2.26. The summed E-state index contributed by atoms with van der Waals surface area (Å²) in [6.07, 6.45) is 3.65. The molecule has 0 heterocycles. The first-order chi connectivity index (χ1) is 11.1. The third-order valence-corrected chi connectivity index (χ3v) is 4.27. The zero-order valence-electron chi connectivity index (χ0n) is 14.1. The number of rotatable bonds is 5. The normalized spacial score (nSPS) is 19.8. The minimum Gasteiger partial charge on any atom is -0.466 e. The maximum atomic E-state index is 12.3. The number of carbonyl (C=O) groups is 2. The summed E-state index contributed by atoms with van der Waals surface area (Å²) in [6.45, 7) is 6.02. The number of hydrogen-bond donors (Lipinski definition) is 0. The van der Waals surface area contributed by atoms with Crippen LogP contribution in [0, 0.1) is 5.92 Å². The zero-order valence-corrected chi connectivity index (χ0v) is 14.1. The molecule has 1 unspecified atom stereocenters. The number of ketones is 1. The molecular weight excluding hydrogens is 288 g/mol. The van der Waals surface area contributed by atoms with E-state index in [-0.39, 0.29) is 17.7 Å². The third-order valence-electron chi connectivity index (χ3n) is 4.27. The Kier molecular flexibility index (Phi) is 5.91. The van der Waals surface area contributed by atoms with Crippen LogP contribution in [0.2, 0.25) is 0 Å². The Morgan fingerprint density at radius 2 is 1.87 bits per heavy atom. The van der Waals surface area contributed by atoms with Crippen LogP contribution >= 0.6 is 0 Å². The molecule has 0 spiro atoms. The van der Waals surface area contributed by atoms with Crippen LogP contribution in [0.5, 0.6) is 0 Å². The Balaban J connectivity index is 2.40. The van der Waals surface area contributed by atoms with Crippen LogP contribution in [0.25, 0.3) is 6.08 Å². The Hall–Kier alpha value is -2.16. The van der Waals surface area contributed by atoms with E-state index >= 15 is 0 Å². The molecule has 1 aliphatic carbocycles. The molecule has 0 saturated heterocycles. The van der Waals surface area contributed by atoms with Crippen LogP contribution in [0.15, 0.2) is 47.1 Å². The van der Waals surface area contributed by atoms with Gasteiger partial charge in [-0.1, -0.05) is 43.3 Å². The molecule has 2 rings (SSSR count). The van der Waals surface area contributed by atoms with Crippen molar-refractivity contribution in [3.63, 3.8) is 0 Å². The highest BCUT2D eigenvalue weighted by Gasteiger charge is 2.31. The van der Waals surface area contributed by atoms with Gasteiger partial charge in [0.15, 0.2) is 5.78 Å². The van der Waals surface area contributed by atoms with Gasteiger partial charge in [-0.3, -0.25) is 9.59 Å². The average Bonchev–Trinajstić information content (AvgIpc) is 2.57. The number of esters is 1. The first-order valence-electron chi connectivity index (χ1n) is 8.22. The standard InChI is InChI=1S/C20H24O3/c1-4-19(21)18-13-17(20(22)23-5-2)12-16(14(18)3)11-15-9-7-6-8-10-15/h6-11,17H,4-5,12-13H2,1-3H3/b16-11+. The number of benzene rings is 1. The van der Waals surface area contributed by atoms with Gasteiger partial charge in [0.25, 0.3) is 0 Å². The lowest BCUT2D eigenvalue weighted by atomic mass is 9.78. The van der Waals surface area contributed by atoms with E-state index in [2.05, 4.69) is 6.08 Å². The van der Waals surface area contributed by atoms with Crippen LogP contribution in [0.4, 0.5) is 0 Å². The first-order valence-corrected chi connectivity index (χ1v) is 8.22. The van der Waals surface area contributed by atoms with Gasteiger partial charge in [0.1, 0.15) is 0 Å². The summed E-state index contributed by atoms with van der Waals surface area (Å²) in [5.41, 5.74) is 3.92. The molecule has 1 aliphatic rings. The van der Waals surface area contributed by atoms with E-state index in [4.69, 9.17) is 4.74 Å². The van der Waals surface area contributed by atoms with E-state index in [1.807, 2.05) is 44.2 Å². The Morgan fingerprint density at radius 1 is 1.17 bits per heavy atom. The van der Waals surface area contributed by atoms with Crippen LogP contribution in [-0.2, 0) is 14.3 Å². The lowest BCUT2D eigenvalue weighted by molar-refractivity contribution is -0.148. The number of carbonyl (C=O) groups excluding carboxylic acids is 2. The van der Waals surface area contributed by atoms with E-state index in [0.717, 1.165) is 22.3 Å². The average molecular weight is 312 g/mol. The van der Waals surface area contributed by atoms with Crippen LogP contribution in [-0.4, -0.2) is 18.4 Å². The zero-order chi connectivity index (χ0) is 16.8. The third kappa shape index (κ3) is 4.19. The maximum absolute atomic E-state index is 12.3. The van der Waals surface area contributed by atoms with Crippen molar-refractivity contribution in [2.24, 2.45) is 5.92 Å². The van der Waals surface area contributed by atoms with E-state index in [0.29, 0.717) is 25.9 Å². The van der Waals surface area contributed by atoms with E-state index in [1.54, 1.807) is 6.92 Å². The molecule has 23 heavy (non-hydrogen) atoms. The molecule has 0 amide bonds. The van der Waals surface area contributed by atoms with Gasteiger partial charge in [-0.25, -0.2) is 0 Å². The molecule has 1 aromatic rings. The number of ether oxygens (including phenoxy) is 1. The molecule has 0 saturated carbocycles. The molecule has 1 aromatic carbocycles. The number of allylic oxidation sites excluding steroid dienone is 3. The molecule has 3 nitrogen and oxygen atoms in total. The second-order valence-electron chi connectivity index (χ2n) is 5.82. The van der Waals surface area contributed by atoms with Gasteiger partial charge >= 0.3 is 5.97 Å². The Labute approximate surface area is 138 Å². The van der Waals surface area contributed by atoms with Gasteiger partial charge in [-0.05, 0) is 49.0 Å². The highest BCUT2D eigenvalue weighted by molar-refractivity contribution is 5.98. The molecule has 0 radical (unpaired) electrons. The number of Topliss-reactive ketones (excluding diaryl/α,β-unsaturated/α-hetero) is 1. The maximum Gasteiger partial charge on any atom is 0.309 e. The monoisotopic (exact) mass is 312 g/mol. The van der Waals surface area contributed by atoms with Gasteiger partial charge in [-0.15, -0.1) is 0 Å². The predicted octanol–water partition coefficient (Wildman–Crippen LogP) is 4.34. The highest BCUT2D eigenvalue weighted by Crippen LogP contribution is 2.36. The van der Waals surface area contributed by atoms with Crippen molar-refractivity contribution in [1.82, 2.24) is 0 Å². The molecule has 0 aliphatic heterocycles. The predicted molar refractivity (Wildman–Crippen MR) is 91.8 cm³/mol. The van der Waals surface area contributed by atoms with Gasteiger partial charge in [0.05, 0.1) is 12.5 Å². The molecule has 1 atom stereocenters. The topological polar surface area (TPSA) is 43.4 Å². The van der Waals surface area contributed by atoms with E-state index < -0.39 is 0 Å². The van der Waals surface area contributed by atoms with Crippen LogP contribution in [0.1, 0.15) is 45.6 Å². The molecule has 122 valence electrons. The quantitative estimate of drug-likeness (QED) is 0.760. The summed E-state index contributed by atoms with van der Waals surface area (Å²) in [6, 6.07) is 9.98. The first kappa shape index (κ1) is 17.2. The van der Waals surface area contributed by atoms with Crippen molar-refractivity contribution in [1.29, 1.82) is 0 Å². The fourth-order valence-corrected chi connectivity index (χ4v) is 2.96. The van der Waals surface area contributed by atoms with E-state index in [9.17, 15) is 9.59 Å². The fraction of sp³-hybridized carbons (Fsp3) is 0.400. The fourth-order valence-electron chi connectivity index (χ4n) is 2.96. The minimum atomic E-state index is -0.265. The largest absolute Gasteiger partial charge is 0.466 e. The number of hydrogen-bond acceptors (Lipinski definition) is 3. The smallest absolute Gasteiger partial charge is 0.309 e. The van der Waals surface area contributed by atoms with Crippen LogP contribution < -0.4 is 0 Å². The summed E-state index contributed by atoms with van der Waals surface area (Å²) in [5.74, 6) is -0.352. The van der Waals surface area contributed by atoms with E-state index in [1.165, 1.54) is 0 Å². The molecule has 3 heteroatoms. The van der Waals surface area contributed by atoms with Gasteiger partial charge in [0, 0.05) is 6.42 Å². The Bertz CT molecular complexity index is 638. The minimum absolute atomic E-state index is 0.121. The van der Waals surface area contributed by atoms with Gasteiger partial charge in [0.2, 0.25) is 0 Å². The van der Waals surface area contributed by atoms with Crippen molar-refractivity contribution in [2.45, 2.75) is 40.0 Å². The summed E-state index contributed by atoms with van der Waals surface area (Å²) in [4.78, 5) is 24.4. The SMILES string of the molecule is CCOC(=O)C1CC(C(=O)CC)=C(C)/C(=C/c2ccccc2)C1. The summed E-state index contributed by atoms with van der Waals surface area (Å²) >= 11 is 0. The second kappa shape index (κ2) is 7.91. The highest BCUT2D eigenvalue weighted by atomic mass is 16.5. The van der Waals surface area contributed by atoms with Crippen molar-refractivity contribution in [2.75, 3.05) is 6.61 Å². The summed E-state index contributed by atoms with van der Waals surface area (Å²) < 4.78 is 5.18. The van der Waals surface area contributed by atoms with Crippen LogP contribution in [0.3, 0.4) is 0 Å². The molecular formula is C20H24O3. The lowest BCUT2D eigenvalue weighted by Crippen LogP contribution is -2.25. The molecule has 0 aromatic heterocycles. The van der Waals surface area contributed by atoms with Crippen molar-refractivity contribution >= 4 is 17.8 Å².